The SMILES string of the molecule is COC(=O)c1cc(F)cc2c1-c1c(C(=O)OC)cc(F)cc1-2. The quantitative estimate of drug-likeness (QED) is 0.682. The summed E-state index contributed by atoms with van der Waals surface area (Å²) in [6, 6.07) is 4.42. The largest absolute Gasteiger partial charge is 0.465 e. The number of benzene rings is 2. The molecule has 0 bridgehead atoms. The first-order chi connectivity index (χ1) is 10.5. The van der Waals surface area contributed by atoms with Crippen LogP contribution in [0.25, 0.3) is 22.3 Å². The fourth-order valence-corrected chi connectivity index (χ4v) is 2.66. The standard InChI is InChI=1S/C16H10F2O4/c1-21-15(19)11-5-7(17)3-9-10-4-8(18)6-12(16(20)22-2)14(10)13(9)11/h3-6H,1-2H3. The normalized spacial score (nSPS) is 11.1. The van der Waals surface area contributed by atoms with Crippen LogP contribution in [0.15, 0.2) is 24.3 Å². The van der Waals surface area contributed by atoms with Crippen molar-refractivity contribution < 1.29 is 27.8 Å². The van der Waals surface area contributed by atoms with Crippen molar-refractivity contribution in [3.05, 3.63) is 47.0 Å². The van der Waals surface area contributed by atoms with E-state index in [1.807, 2.05) is 0 Å². The second-order valence-corrected chi connectivity index (χ2v) is 4.73. The van der Waals surface area contributed by atoms with Crippen molar-refractivity contribution in [2.24, 2.45) is 0 Å². The summed E-state index contributed by atoms with van der Waals surface area (Å²) in [5, 5.41) is 0. The van der Waals surface area contributed by atoms with Crippen LogP contribution < -0.4 is 0 Å². The highest BCUT2D eigenvalue weighted by atomic mass is 19.1. The topological polar surface area (TPSA) is 52.6 Å². The van der Waals surface area contributed by atoms with E-state index in [9.17, 15) is 18.4 Å². The summed E-state index contributed by atoms with van der Waals surface area (Å²) in [5.74, 6) is -2.76. The van der Waals surface area contributed by atoms with E-state index in [1.165, 1.54) is 26.4 Å². The van der Waals surface area contributed by atoms with Crippen LogP contribution in [0, 0.1) is 11.6 Å². The van der Waals surface area contributed by atoms with Crippen molar-refractivity contribution in [3.63, 3.8) is 0 Å². The maximum Gasteiger partial charge on any atom is 0.338 e. The zero-order valence-electron chi connectivity index (χ0n) is 11.7. The summed E-state index contributed by atoms with van der Waals surface area (Å²) in [6.07, 6.45) is 0. The highest BCUT2D eigenvalue weighted by Crippen LogP contribution is 2.51. The van der Waals surface area contributed by atoms with Gasteiger partial charge in [0, 0.05) is 11.1 Å². The van der Waals surface area contributed by atoms with Crippen molar-refractivity contribution in [2.75, 3.05) is 14.2 Å². The monoisotopic (exact) mass is 304 g/mol. The predicted molar refractivity (Wildman–Crippen MR) is 73.5 cm³/mol. The number of hydrogen-bond acceptors (Lipinski definition) is 4. The molecule has 0 aromatic heterocycles. The molecule has 0 fully saturated rings. The van der Waals surface area contributed by atoms with E-state index >= 15 is 0 Å². The molecule has 0 radical (unpaired) electrons. The molecule has 6 heteroatoms. The Labute approximate surface area is 124 Å². The lowest BCUT2D eigenvalue weighted by Crippen LogP contribution is -2.15. The second kappa shape index (κ2) is 4.91. The van der Waals surface area contributed by atoms with Gasteiger partial charge >= 0.3 is 11.9 Å². The van der Waals surface area contributed by atoms with Crippen LogP contribution in [-0.2, 0) is 9.47 Å². The van der Waals surface area contributed by atoms with Gasteiger partial charge in [-0.15, -0.1) is 0 Å². The Morgan fingerprint density at radius 1 is 0.773 bits per heavy atom. The number of hydrogen-bond donors (Lipinski definition) is 0. The van der Waals surface area contributed by atoms with Crippen molar-refractivity contribution >= 4 is 11.9 Å². The van der Waals surface area contributed by atoms with E-state index in [2.05, 4.69) is 9.47 Å². The van der Waals surface area contributed by atoms with E-state index in [-0.39, 0.29) is 11.1 Å². The van der Waals surface area contributed by atoms with E-state index in [0.29, 0.717) is 22.3 Å². The van der Waals surface area contributed by atoms with Crippen molar-refractivity contribution in [1.82, 2.24) is 0 Å². The zero-order chi connectivity index (χ0) is 16.0. The Hall–Kier alpha value is -2.76. The Bertz CT molecular complexity index is 758. The van der Waals surface area contributed by atoms with Crippen molar-refractivity contribution in [3.8, 4) is 22.3 Å². The van der Waals surface area contributed by atoms with Gasteiger partial charge in [-0.3, -0.25) is 0 Å². The number of rotatable bonds is 2. The summed E-state index contributed by atoms with van der Waals surface area (Å²) in [4.78, 5) is 23.6. The first-order valence-electron chi connectivity index (χ1n) is 6.32. The molecule has 3 rings (SSSR count). The number of halogens is 2. The molecular weight excluding hydrogens is 294 g/mol. The number of carbonyl (C=O) groups excluding carboxylic acids is 2. The minimum absolute atomic E-state index is 0.0123. The molecule has 0 N–H and O–H groups in total. The second-order valence-electron chi connectivity index (χ2n) is 4.73. The van der Waals surface area contributed by atoms with Crippen LogP contribution in [0.2, 0.25) is 0 Å². The van der Waals surface area contributed by atoms with Crippen LogP contribution in [0.1, 0.15) is 20.7 Å². The summed E-state index contributed by atoms with van der Waals surface area (Å²) >= 11 is 0. The summed E-state index contributed by atoms with van der Waals surface area (Å²) < 4.78 is 36.6. The molecular formula is C16H10F2O4. The lowest BCUT2D eigenvalue weighted by molar-refractivity contribution is 0.0589. The van der Waals surface area contributed by atoms with Gasteiger partial charge in [-0.1, -0.05) is 0 Å². The highest BCUT2D eigenvalue weighted by Gasteiger charge is 2.34. The van der Waals surface area contributed by atoms with Gasteiger partial charge in [0.15, 0.2) is 0 Å². The Morgan fingerprint density at radius 2 is 1.14 bits per heavy atom. The molecule has 2 aromatic carbocycles. The lowest BCUT2D eigenvalue weighted by atomic mass is 9.75. The molecule has 0 saturated carbocycles. The van der Waals surface area contributed by atoms with Crippen LogP contribution in [0.5, 0.6) is 0 Å². The average Bonchev–Trinajstić information content (AvgIpc) is 2.51. The van der Waals surface area contributed by atoms with E-state index in [4.69, 9.17) is 0 Å². The number of ether oxygens (including phenoxy) is 2. The molecule has 1 aliphatic carbocycles. The van der Waals surface area contributed by atoms with Crippen molar-refractivity contribution in [2.45, 2.75) is 0 Å². The molecule has 0 aliphatic heterocycles. The summed E-state index contributed by atoms with van der Waals surface area (Å²) in [7, 11) is 2.34. The Balaban J connectivity index is 2.30. The minimum atomic E-state index is -0.735. The molecule has 0 unspecified atom stereocenters. The Morgan fingerprint density at radius 3 is 1.45 bits per heavy atom. The first kappa shape index (κ1) is 14.2. The van der Waals surface area contributed by atoms with E-state index in [0.717, 1.165) is 12.1 Å². The number of methoxy groups -OCH3 is 2. The van der Waals surface area contributed by atoms with Crippen LogP contribution in [0.3, 0.4) is 0 Å². The smallest absolute Gasteiger partial charge is 0.338 e. The maximum absolute atomic E-state index is 13.7. The third-order valence-electron chi connectivity index (χ3n) is 3.56. The third-order valence-corrected chi connectivity index (χ3v) is 3.56. The zero-order valence-corrected chi connectivity index (χ0v) is 11.7. The molecule has 0 saturated heterocycles. The molecule has 22 heavy (non-hydrogen) atoms. The lowest BCUT2D eigenvalue weighted by Gasteiger charge is -2.28. The van der Waals surface area contributed by atoms with Gasteiger partial charge in [0.1, 0.15) is 11.6 Å². The fourth-order valence-electron chi connectivity index (χ4n) is 2.66. The molecule has 0 heterocycles. The van der Waals surface area contributed by atoms with Crippen molar-refractivity contribution in [1.29, 1.82) is 0 Å². The average molecular weight is 304 g/mol. The van der Waals surface area contributed by atoms with Gasteiger partial charge in [0.2, 0.25) is 0 Å². The molecule has 0 amide bonds. The Kier molecular flexibility index (Phi) is 3.16. The molecule has 4 nitrogen and oxygen atoms in total. The van der Waals surface area contributed by atoms with Gasteiger partial charge in [0.05, 0.1) is 25.3 Å². The van der Waals surface area contributed by atoms with E-state index in [1.54, 1.807) is 0 Å². The van der Waals surface area contributed by atoms with Crippen LogP contribution in [0.4, 0.5) is 8.78 Å². The molecule has 0 atom stereocenters. The molecule has 1 aliphatic rings. The summed E-state index contributed by atoms with van der Waals surface area (Å²) in [5.41, 5.74) is 1.43. The fraction of sp³-hybridized carbons (Fsp3) is 0.125. The maximum atomic E-state index is 13.7. The minimum Gasteiger partial charge on any atom is -0.465 e. The third kappa shape index (κ3) is 1.88. The predicted octanol–water partition coefficient (Wildman–Crippen LogP) is 3.19. The van der Waals surface area contributed by atoms with Crippen LogP contribution in [-0.4, -0.2) is 26.2 Å². The molecule has 0 spiro atoms. The van der Waals surface area contributed by atoms with Gasteiger partial charge in [-0.2, -0.15) is 0 Å². The van der Waals surface area contributed by atoms with Gasteiger partial charge < -0.3 is 9.47 Å². The summed E-state index contributed by atoms with van der Waals surface area (Å²) in [6.45, 7) is 0. The van der Waals surface area contributed by atoms with E-state index < -0.39 is 23.6 Å². The highest BCUT2D eigenvalue weighted by molar-refractivity contribution is 6.17. The number of carbonyl (C=O) groups is 2. The van der Waals surface area contributed by atoms with Gasteiger partial charge in [-0.25, -0.2) is 18.4 Å². The van der Waals surface area contributed by atoms with Crippen LogP contribution >= 0.6 is 0 Å². The first-order valence-corrected chi connectivity index (χ1v) is 6.32. The van der Waals surface area contributed by atoms with Gasteiger partial charge in [-0.05, 0) is 35.4 Å². The number of fused-ring (bicyclic) bond motifs is 4. The number of esters is 2. The molecule has 2 aromatic rings. The van der Waals surface area contributed by atoms with Gasteiger partial charge in [0.25, 0.3) is 0 Å². The molecule has 112 valence electrons.